The molecule has 5 heteroatoms. The maximum atomic E-state index is 11.6. The van der Waals surface area contributed by atoms with Gasteiger partial charge in [-0.2, -0.15) is 0 Å². The van der Waals surface area contributed by atoms with Gasteiger partial charge >= 0.3 is 5.97 Å². The summed E-state index contributed by atoms with van der Waals surface area (Å²) in [6.07, 6.45) is 0. The van der Waals surface area contributed by atoms with Crippen LogP contribution in [0.4, 0.5) is 0 Å². The van der Waals surface area contributed by atoms with Crippen molar-refractivity contribution in [3.05, 3.63) is 22.7 Å². The van der Waals surface area contributed by atoms with Crippen molar-refractivity contribution >= 4 is 17.6 Å². The molecule has 0 radical (unpaired) electrons. The van der Waals surface area contributed by atoms with Crippen LogP contribution in [-0.4, -0.2) is 21.8 Å². The summed E-state index contributed by atoms with van der Waals surface area (Å²) in [7, 11) is 0. The molecule has 1 aromatic carbocycles. The standard InChI is InChI=1S/C11H13ClO4/c1-11(2,3)16-10(15)6-4-5-7(12)9(14)8(6)13/h4-5,13-14H,1-3H3. The third-order valence-corrected chi connectivity index (χ3v) is 2.03. The normalized spacial score (nSPS) is 11.2. The van der Waals surface area contributed by atoms with E-state index in [2.05, 4.69) is 0 Å². The molecule has 88 valence electrons. The molecule has 0 aliphatic heterocycles. The van der Waals surface area contributed by atoms with E-state index in [4.69, 9.17) is 16.3 Å². The molecule has 16 heavy (non-hydrogen) atoms. The van der Waals surface area contributed by atoms with Gasteiger partial charge in [-0.25, -0.2) is 4.79 Å². The van der Waals surface area contributed by atoms with Gasteiger partial charge in [0.15, 0.2) is 11.5 Å². The second-order valence-corrected chi connectivity index (χ2v) is 4.70. The van der Waals surface area contributed by atoms with Crippen molar-refractivity contribution in [1.29, 1.82) is 0 Å². The molecule has 0 atom stereocenters. The molecule has 0 heterocycles. The van der Waals surface area contributed by atoms with Crippen LogP contribution < -0.4 is 0 Å². The lowest BCUT2D eigenvalue weighted by atomic mass is 10.1. The van der Waals surface area contributed by atoms with E-state index in [1.165, 1.54) is 12.1 Å². The number of carbonyl (C=O) groups excluding carboxylic acids is 1. The molecular formula is C11H13ClO4. The average Bonchev–Trinajstić information content (AvgIpc) is 2.11. The largest absolute Gasteiger partial charge is 0.504 e. The quantitative estimate of drug-likeness (QED) is 0.589. The molecule has 1 rings (SSSR count). The number of ether oxygens (including phenoxy) is 1. The minimum Gasteiger partial charge on any atom is -0.504 e. The summed E-state index contributed by atoms with van der Waals surface area (Å²) in [6, 6.07) is 2.61. The lowest BCUT2D eigenvalue weighted by Gasteiger charge is -2.19. The van der Waals surface area contributed by atoms with Crippen LogP contribution in [0.1, 0.15) is 31.1 Å². The number of hydrogen-bond acceptors (Lipinski definition) is 4. The summed E-state index contributed by atoms with van der Waals surface area (Å²) in [4.78, 5) is 11.6. The summed E-state index contributed by atoms with van der Waals surface area (Å²) in [6.45, 7) is 5.12. The van der Waals surface area contributed by atoms with Crippen molar-refractivity contribution in [3.63, 3.8) is 0 Å². The second kappa shape index (κ2) is 4.22. The smallest absolute Gasteiger partial charge is 0.342 e. The Morgan fingerprint density at radius 2 is 1.81 bits per heavy atom. The van der Waals surface area contributed by atoms with Crippen molar-refractivity contribution in [1.82, 2.24) is 0 Å². The Hall–Kier alpha value is -1.42. The SMILES string of the molecule is CC(C)(C)OC(=O)c1ccc(Cl)c(O)c1O. The number of halogens is 1. The fourth-order valence-corrected chi connectivity index (χ4v) is 1.21. The van der Waals surface area contributed by atoms with Gasteiger partial charge in [0.05, 0.1) is 5.02 Å². The van der Waals surface area contributed by atoms with Crippen LogP contribution in [0.15, 0.2) is 12.1 Å². The number of carbonyl (C=O) groups is 1. The highest BCUT2D eigenvalue weighted by Crippen LogP contribution is 2.36. The van der Waals surface area contributed by atoms with Gasteiger partial charge in [0.25, 0.3) is 0 Å². The Morgan fingerprint density at radius 1 is 1.25 bits per heavy atom. The second-order valence-electron chi connectivity index (χ2n) is 4.29. The van der Waals surface area contributed by atoms with Gasteiger partial charge in [0, 0.05) is 0 Å². The molecular weight excluding hydrogens is 232 g/mol. The number of hydrogen-bond donors (Lipinski definition) is 2. The molecule has 0 spiro atoms. The van der Waals surface area contributed by atoms with Crippen LogP contribution in [0.2, 0.25) is 5.02 Å². The zero-order valence-electron chi connectivity index (χ0n) is 9.24. The summed E-state index contributed by atoms with van der Waals surface area (Å²) in [5.41, 5.74) is -0.782. The topological polar surface area (TPSA) is 66.8 Å². The van der Waals surface area contributed by atoms with E-state index < -0.39 is 23.1 Å². The first-order valence-corrected chi connectivity index (χ1v) is 5.04. The third kappa shape index (κ3) is 2.79. The first-order valence-electron chi connectivity index (χ1n) is 4.66. The van der Waals surface area contributed by atoms with E-state index in [9.17, 15) is 15.0 Å². The average molecular weight is 245 g/mol. The maximum absolute atomic E-state index is 11.6. The molecule has 0 bridgehead atoms. The van der Waals surface area contributed by atoms with Crippen molar-refractivity contribution in [2.24, 2.45) is 0 Å². The van der Waals surface area contributed by atoms with E-state index >= 15 is 0 Å². The van der Waals surface area contributed by atoms with Gasteiger partial charge in [0.2, 0.25) is 0 Å². The third-order valence-electron chi connectivity index (χ3n) is 1.72. The molecule has 0 fully saturated rings. The number of rotatable bonds is 1. The molecule has 0 aromatic heterocycles. The fraction of sp³-hybridized carbons (Fsp3) is 0.364. The van der Waals surface area contributed by atoms with Crippen molar-refractivity contribution in [2.75, 3.05) is 0 Å². The summed E-state index contributed by atoms with van der Waals surface area (Å²) < 4.78 is 5.05. The van der Waals surface area contributed by atoms with Crippen LogP contribution >= 0.6 is 11.6 Å². The van der Waals surface area contributed by atoms with Crippen molar-refractivity contribution < 1.29 is 19.7 Å². The predicted octanol–water partition coefficient (Wildman–Crippen LogP) is 2.71. The monoisotopic (exact) mass is 244 g/mol. The first-order chi connectivity index (χ1) is 7.22. The van der Waals surface area contributed by atoms with Gasteiger partial charge in [-0.3, -0.25) is 0 Å². The Kier molecular flexibility index (Phi) is 3.33. The molecule has 0 aliphatic rings. The Bertz CT molecular complexity index is 421. The van der Waals surface area contributed by atoms with Crippen molar-refractivity contribution in [3.8, 4) is 11.5 Å². The van der Waals surface area contributed by atoms with Crippen LogP contribution in [0.3, 0.4) is 0 Å². The molecule has 2 N–H and O–H groups in total. The number of esters is 1. The molecule has 4 nitrogen and oxygen atoms in total. The maximum Gasteiger partial charge on any atom is 0.342 e. The van der Waals surface area contributed by atoms with E-state index in [-0.39, 0.29) is 10.6 Å². The Morgan fingerprint density at radius 3 is 2.31 bits per heavy atom. The zero-order valence-corrected chi connectivity index (χ0v) is 10.00. The van der Waals surface area contributed by atoms with E-state index in [0.29, 0.717) is 0 Å². The summed E-state index contributed by atoms with van der Waals surface area (Å²) in [5.74, 6) is -1.80. The van der Waals surface area contributed by atoms with Gasteiger partial charge < -0.3 is 14.9 Å². The Labute approximate surface area is 98.4 Å². The number of aromatic hydroxyl groups is 2. The fourth-order valence-electron chi connectivity index (χ4n) is 1.05. The minimum absolute atomic E-state index is 0.0233. The van der Waals surface area contributed by atoms with Crippen LogP contribution in [0.5, 0.6) is 11.5 Å². The predicted molar refractivity (Wildman–Crippen MR) is 60.0 cm³/mol. The molecule has 0 unspecified atom stereocenters. The van der Waals surface area contributed by atoms with Crippen molar-refractivity contribution in [2.45, 2.75) is 26.4 Å². The number of phenols is 2. The highest BCUT2D eigenvalue weighted by atomic mass is 35.5. The van der Waals surface area contributed by atoms with Crippen LogP contribution in [0, 0.1) is 0 Å². The van der Waals surface area contributed by atoms with Gasteiger partial charge in [-0.05, 0) is 32.9 Å². The van der Waals surface area contributed by atoms with E-state index in [1.807, 2.05) is 0 Å². The van der Waals surface area contributed by atoms with E-state index in [0.717, 1.165) is 0 Å². The molecule has 0 amide bonds. The highest BCUT2D eigenvalue weighted by molar-refractivity contribution is 6.32. The molecule has 1 aromatic rings. The zero-order chi connectivity index (χ0) is 12.5. The number of benzene rings is 1. The summed E-state index contributed by atoms with van der Waals surface area (Å²) in [5, 5.41) is 18.8. The summed E-state index contributed by atoms with van der Waals surface area (Å²) >= 11 is 5.56. The van der Waals surface area contributed by atoms with Gasteiger partial charge in [-0.15, -0.1) is 0 Å². The van der Waals surface area contributed by atoms with Gasteiger partial charge in [-0.1, -0.05) is 11.6 Å². The highest BCUT2D eigenvalue weighted by Gasteiger charge is 2.22. The van der Waals surface area contributed by atoms with Crippen LogP contribution in [0.25, 0.3) is 0 Å². The lowest BCUT2D eigenvalue weighted by molar-refractivity contribution is 0.00662. The molecule has 0 saturated heterocycles. The lowest BCUT2D eigenvalue weighted by Crippen LogP contribution is -2.23. The molecule has 0 aliphatic carbocycles. The van der Waals surface area contributed by atoms with Crippen LogP contribution in [-0.2, 0) is 4.74 Å². The van der Waals surface area contributed by atoms with E-state index in [1.54, 1.807) is 20.8 Å². The molecule has 0 saturated carbocycles. The Balaban J connectivity index is 3.06. The minimum atomic E-state index is -0.711. The first kappa shape index (κ1) is 12.6. The van der Waals surface area contributed by atoms with Gasteiger partial charge in [0.1, 0.15) is 11.2 Å². The number of phenolic OH excluding ortho intramolecular Hbond substituents is 2.